The average Bonchev–Trinajstić information content (AvgIpc) is 2.81. The van der Waals surface area contributed by atoms with Gasteiger partial charge in [0.2, 0.25) is 0 Å². The summed E-state index contributed by atoms with van der Waals surface area (Å²) in [7, 11) is 0. The van der Waals surface area contributed by atoms with Crippen LogP contribution in [-0.2, 0) is 4.79 Å². The van der Waals surface area contributed by atoms with E-state index in [4.69, 9.17) is 16.7 Å². The van der Waals surface area contributed by atoms with Crippen LogP contribution in [0.15, 0.2) is 18.2 Å². The van der Waals surface area contributed by atoms with Gasteiger partial charge in [0.1, 0.15) is 0 Å². The lowest BCUT2D eigenvalue weighted by atomic mass is 10.1. The van der Waals surface area contributed by atoms with E-state index in [2.05, 4.69) is 5.32 Å². The Morgan fingerprint density at radius 2 is 2.11 bits per heavy atom. The van der Waals surface area contributed by atoms with Crippen molar-refractivity contribution in [1.82, 2.24) is 5.32 Å². The Bertz CT molecular complexity index is 515. The van der Waals surface area contributed by atoms with Gasteiger partial charge in [0.05, 0.1) is 5.92 Å². The first-order chi connectivity index (χ1) is 8.97. The van der Waals surface area contributed by atoms with Crippen molar-refractivity contribution in [2.24, 2.45) is 5.92 Å². The van der Waals surface area contributed by atoms with Crippen molar-refractivity contribution in [1.29, 1.82) is 0 Å². The molecule has 1 fully saturated rings. The minimum atomic E-state index is -0.782. The van der Waals surface area contributed by atoms with E-state index in [1.54, 1.807) is 18.2 Å². The predicted octanol–water partition coefficient (Wildman–Crippen LogP) is 2.63. The van der Waals surface area contributed by atoms with E-state index < -0.39 is 5.97 Å². The molecular formula is C14H16ClNO3. The maximum Gasteiger partial charge on any atom is 0.306 e. The lowest BCUT2D eigenvalue weighted by molar-refractivity contribution is -0.141. The van der Waals surface area contributed by atoms with Crippen LogP contribution in [0.1, 0.15) is 35.2 Å². The standard InChI is InChI=1S/C14H16ClNO3/c1-8-2-3-9(7-12(8)15)13(17)16-11-5-4-10(6-11)14(18)19/h2-3,7,10-11H,4-6H2,1H3,(H,16,17)(H,18,19)/t10-,11-/m1/s1. The first-order valence-corrected chi connectivity index (χ1v) is 6.65. The zero-order valence-corrected chi connectivity index (χ0v) is 11.4. The highest BCUT2D eigenvalue weighted by Crippen LogP contribution is 2.26. The molecule has 1 aromatic rings. The molecule has 5 heteroatoms. The number of hydrogen-bond donors (Lipinski definition) is 2. The van der Waals surface area contributed by atoms with E-state index in [0.29, 0.717) is 29.8 Å². The first-order valence-electron chi connectivity index (χ1n) is 6.27. The summed E-state index contributed by atoms with van der Waals surface area (Å²) in [6.45, 7) is 1.87. The van der Waals surface area contributed by atoms with Crippen LogP contribution in [0, 0.1) is 12.8 Å². The summed E-state index contributed by atoms with van der Waals surface area (Å²) in [5, 5.41) is 12.3. The molecule has 0 radical (unpaired) electrons. The largest absolute Gasteiger partial charge is 0.481 e. The number of benzene rings is 1. The second-order valence-corrected chi connectivity index (χ2v) is 5.39. The molecule has 1 aliphatic carbocycles. The number of carbonyl (C=O) groups is 2. The van der Waals surface area contributed by atoms with E-state index >= 15 is 0 Å². The van der Waals surface area contributed by atoms with Crippen LogP contribution in [-0.4, -0.2) is 23.0 Å². The van der Waals surface area contributed by atoms with E-state index in [1.165, 1.54) is 0 Å². The Labute approximate surface area is 116 Å². The Hall–Kier alpha value is -1.55. The topological polar surface area (TPSA) is 66.4 Å². The molecule has 0 aromatic heterocycles. The summed E-state index contributed by atoms with van der Waals surface area (Å²) in [6, 6.07) is 5.09. The molecule has 2 atom stereocenters. The molecule has 2 rings (SSSR count). The smallest absolute Gasteiger partial charge is 0.306 e. The molecule has 1 aliphatic rings. The van der Waals surface area contributed by atoms with Gasteiger partial charge in [-0.05, 0) is 43.9 Å². The molecule has 0 saturated heterocycles. The van der Waals surface area contributed by atoms with Crippen molar-refractivity contribution < 1.29 is 14.7 Å². The van der Waals surface area contributed by atoms with Crippen LogP contribution in [0.5, 0.6) is 0 Å². The highest BCUT2D eigenvalue weighted by atomic mass is 35.5. The third kappa shape index (κ3) is 3.26. The zero-order chi connectivity index (χ0) is 14.0. The van der Waals surface area contributed by atoms with Gasteiger partial charge in [0, 0.05) is 16.6 Å². The van der Waals surface area contributed by atoms with Crippen molar-refractivity contribution in [3.63, 3.8) is 0 Å². The summed E-state index contributed by atoms with van der Waals surface area (Å²) >= 11 is 5.98. The monoisotopic (exact) mass is 281 g/mol. The fourth-order valence-electron chi connectivity index (χ4n) is 2.34. The molecule has 0 unspecified atom stereocenters. The van der Waals surface area contributed by atoms with E-state index in [-0.39, 0.29) is 17.9 Å². The Morgan fingerprint density at radius 3 is 2.68 bits per heavy atom. The van der Waals surface area contributed by atoms with E-state index in [9.17, 15) is 9.59 Å². The number of aryl methyl sites for hydroxylation is 1. The summed E-state index contributed by atoms with van der Waals surface area (Å²) in [5.41, 5.74) is 1.43. The number of nitrogens with one attached hydrogen (secondary N) is 1. The summed E-state index contributed by atoms with van der Waals surface area (Å²) in [4.78, 5) is 22.9. The molecule has 1 aromatic carbocycles. The normalized spacial score (nSPS) is 22.2. The number of carbonyl (C=O) groups excluding carboxylic acids is 1. The van der Waals surface area contributed by atoms with Crippen LogP contribution in [0.25, 0.3) is 0 Å². The van der Waals surface area contributed by atoms with E-state index in [1.807, 2.05) is 6.92 Å². The number of rotatable bonds is 3. The fourth-order valence-corrected chi connectivity index (χ4v) is 2.52. The molecule has 4 nitrogen and oxygen atoms in total. The second-order valence-electron chi connectivity index (χ2n) is 4.98. The first kappa shape index (κ1) is 13.9. The van der Waals surface area contributed by atoms with Crippen LogP contribution >= 0.6 is 11.6 Å². The van der Waals surface area contributed by atoms with Gasteiger partial charge < -0.3 is 10.4 Å². The van der Waals surface area contributed by atoms with Gasteiger partial charge in [-0.2, -0.15) is 0 Å². The molecule has 0 bridgehead atoms. The summed E-state index contributed by atoms with van der Waals surface area (Å²) in [5.74, 6) is -1.32. The van der Waals surface area contributed by atoms with Gasteiger partial charge >= 0.3 is 5.97 Å². The Kier molecular flexibility index (Phi) is 4.10. The fraction of sp³-hybridized carbons (Fsp3) is 0.429. The molecular weight excluding hydrogens is 266 g/mol. The molecule has 19 heavy (non-hydrogen) atoms. The number of halogens is 1. The molecule has 0 aliphatic heterocycles. The number of carboxylic acids is 1. The molecule has 0 heterocycles. The van der Waals surface area contributed by atoms with Gasteiger partial charge in [-0.1, -0.05) is 17.7 Å². The maximum absolute atomic E-state index is 12.0. The van der Waals surface area contributed by atoms with Crippen molar-refractivity contribution in [2.45, 2.75) is 32.2 Å². The highest BCUT2D eigenvalue weighted by molar-refractivity contribution is 6.31. The zero-order valence-electron chi connectivity index (χ0n) is 10.6. The van der Waals surface area contributed by atoms with E-state index in [0.717, 1.165) is 5.56 Å². The molecule has 1 saturated carbocycles. The van der Waals surface area contributed by atoms with Crippen LogP contribution in [0.2, 0.25) is 5.02 Å². The summed E-state index contributed by atoms with van der Waals surface area (Å²) in [6.07, 6.45) is 1.83. The minimum Gasteiger partial charge on any atom is -0.481 e. The number of hydrogen-bond acceptors (Lipinski definition) is 2. The van der Waals surface area contributed by atoms with Crippen molar-refractivity contribution in [3.8, 4) is 0 Å². The van der Waals surface area contributed by atoms with Gasteiger partial charge in [0.25, 0.3) is 5.91 Å². The average molecular weight is 282 g/mol. The lowest BCUT2D eigenvalue weighted by Crippen LogP contribution is -2.33. The SMILES string of the molecule is Cc1ccc(C(=O)N[C@@H]2CC[C@@H](C(=O)O)C2)cc1Cl. The molecule has 1 amide bonds. The molecule has 102 valence electrons. The third-order valence-corrected chi connectivity index (χ3v) is 3.96. The van der Waals surface area contributed by atoms with Crippen molar-refractivity contribution >= 4 is 23.5 Å². The Balaban J connectivity index is 1.98. The van der Waals surface area contributed by atoms with Crippen molar-refractivity contribution in [2.75, 3.05) is 0 Å². The van der Waals surface area contributed by atoms with Gasteiger partial charge in [0.15, 0.2) is 0 Å². The molecule has 0 spiro atoms. The Morgan fingerprint density at radius 1 is 1.37 bits per heavy atom. The number of carboxylic acid groups (broad SMARTS) is 1. The van der Waals surface area contributed by atoms with Gasteiger partial charge in [-0.3, -0.25) is 9.59 Å². The maximum atomic E-state index is 12.0. The van der Waals surface area contributed by atoms with Crippen LogP contribution < -0.4 is 5.32 Å². The van der Waals surface area contributed by atoms with Crippen LogP contribution in [0.3, 0.4) is 0 Å². The quantitative estimate of drug-likeness (QED) is 0.895. The molecule has 2 N–H and O–H groups in total. The predicted molar refractivity (Wildman–Crippen MR) is 72.4 cm³/mol. The van der Waals surface area contributed by atoms with Gasteiger partial charge in [-0.25, -0.2) is 0 Å². The number of aliphatic carboxylic acids is 1. The lowest BCUT2D eigenvalue weighted by Gasteiger charge is -2.13. The second kappa shape index (κ2) is 5.61. The van der Waals surface area contributed by atoms with Gasteiger partial charge in [-0.15, -0.1) is 0 Å². The number of amides is 1. The minimum absolute atomic E-state index is 0.0614. The summed E-state index contributed by atoms with van der Waals surface area (Å²) < 4.78 is 0. The van der Waals surface area contributed by atoms with Crippen LogP contribution in [0.4, 0.5) is 0 Å². The van der Waals surface area contributed by atoms with Crippen molar-refractivity contribution in [3.05, 3.63) is 34.3 Å². The third-order valence-electron chi connectivity index (χ3n) is 3.55. The highest BCUT2D eigenvalue weighted by Gasteiger charge is 2.30.